The molecule has 3 aliphatic heterocycles. The minimum absolute atomic E-state index is 0.133. The summed E-state index contributed by atoms with van der Waals surface area (Å²) >= 11 is 0. The van der Waals surface area contributed by atoms with Crippen molar-refractivity contribution in [2.75, 3.05) is 45.3 Å². The lowest BCUT2D eigenvalue weighted by atomic mass is 9.97. The predicted molar refractivity (Wildman–Crippen MR) is 109 cm³/mol. The van der Waals surface area contributed by atoms with Gasteiger partial charge in [0.05, 0.1) is 6.54 Å². The number of aromatic nitrogens is 4. The van der Waals surface area contributed by atoms with Crippen LogP contribution in [0, 0.1) is 0 Å². The number of hydrogen-bond acceptors (Lipinski definition) is 7. The van der Waals surface area contributed by atoms with E-state index >= 15 is 0 Å². The first-order valence-electron chi connectivity index (χ1n) is 10.6. The summed E-state index contributed by atoms with van der Waals surface area (Å²) in [6.07, 6.45) is 5.10. The molecule has 2 aromatic heterocycles. The lowest BCUT2D eigenvalue weighted by Gasteiger charge is -2.35. The molecule has 5 rings (SSSR count). The standard InChI is InChI=1S/C21H30N6O2/c1-25(2)18-4-3-16(11-22-18)12-26-8-7-21(14-26)15-27-19(13-29-21)23-24-20(27)17-5-9-28-10-6-17/h3-4,11,17H,5-10,12-15H2,1-2H3. The van der Waals surface area contributed by atoms with Crippen LogP contribution in [0.5, 0.6) is 0 Å². The Morgan fingerprint density at radius 3 is 2.79 bits per heavy atom. The van der Waals surface area contributed by atoms with E-state index in [-0.39, 0.29) is 5.60 Å². The van der Waals surface area contributed by atoms with E-state index in [9.17, 15) is 0 Å². The average Bonchev–Trinajstić information content (AvgIpc) is 3.33. The Hall–Kier alpha value is -2.03. The van der Waals surface area contributed by atoms with Gasteiger partial charge in [0, 0.05) is 59.1 Å². The van der Waals surface area contributed by atoms with E-state index < -0.39 is 0 Å². The van der Waals surface area contributed by atoms with Crippen molar-refractivity contribution >= 4 is 5.82 Å². The van der Waals surface area contributed by atoms with Gasteiger partial charge in [0.15, 0.2) is 5.82 Å². The number of ether oxygens (including phenoxy) is 2. The highest BCUT2D eigenvalue weighted by molar-refractivity contribution is 5.37. The number of pyridine rings is 1. The van der Waals surface area contributed by atoms with Crippen LogP contribution in [-0.4, -0.2) is 70.6 Å². The molecule has 1 unspecified atom stereocenters. The van der Waals surface area contributed by atoms with E-state index in [2.05, 4.69) is 36.8 Å². The molecule has 1 atom stereocenters. The summed E-state index contributed by atoms with van der Waals surface area (Å²) in [5, 5.41) is 8.95. The van der Waals surface area contributed by atoms with E-state index in [1.165, 1.54) is 5.56 Å². The van der Waals surface area contributed by atoms with Gasteiger partial charge in [-0.1, -0.05) is 6.07 Å². The van der Waals surface area contributed by atoms with Gasteiger partial charge in [-0.25, -0.2) is 4.98 Å². The maximum Gasteiger partial charge on any atom is 0.159 e. The topological polar surface area (TPSA) is 68.5 Å². The molecule has 0 bridgehead atoms. The van der Waals surface area contributed by atoms with Gasteiger partial charge in [-0.15, -0.1) is 10.2 Å². The second kappa shape index (κ2) is 7.66. The SMILES string of the molecule is CN(C)c1ccc(CN2CCC3(C2)Cn2c(nnc2C2CCOCC2)CO3)cn1. The van der Waals surface area contributed by atoms with E-state index in [0.717, 1.165) is 76.1 Å². The van der Waals surface area contributed by atoms with Crippen LogP contribution in [0.1, 0.15) is 42.4 Å². The van der Waals surface area contributed by atoms with Crippen LogP contribution in [0.25, 0.3) is 0 Å². The molecule has 29 heavy (non-hydrogen) atoms. The fourth-order valence-electron chi connectivity index (χ4n) is 4.78. The molecule has 0 N–H and O–H groups in total. The number of rotatable bonds is 4. The van der Waals surface area contributed by atoms with Crippen molar-refractivity contribution in [1.29, 1.82) is 0 Å². The first-order chi connectivity index (χ1) is 14.1. The average molecular weight is 399 g/mol. The van der Waals surface area contributed by atoms with Crippen LogP contribution in [0.4, 0.5) is 5.82 Å². The zero-order chi connectivity index (χ0) is 19.8. The van der Waals surface area contributed by atoms with Gasteiger partial charge in [-0.3, -0.25) is 4.90 Å². The minimum Gasteiger partial charge on any atom is -0.381 e. The molecule has 0 aromatic carbocycles. The molecular formula is C21H30N6O2. The molecule has 1 spiro atoms. The summed E-state index contributed by atoms with van der Waals surface area (Å²) in [7, 11) is 4.03. The molecule has 3 aliphatic rings. The summed E-state index contributed by atoms with van der Waals surface area (Å²) in [5.41, 5.74) is 1.11. The first kappa shape index (κ1) is 19.0. The van der Waals surface area contributed by atoms with E-state index in [1.807, 2.05) is 25.2 Å². The second-order valence-corrected chi connectivity index (χ2v) is 8.80. The molecular weight excluding hydrogens is 368 g/mol. The quantitative estimate of drug-likeness (QED) is 0.778. The monoisotopic (exact) mass is 398 g/mol. The summed E-state index contributed by atoms with van der Waals surface area (Å²) in [4.78, 5) is 9.05. The molecule has 0 radical (unpaired) electrons. The fraction of sp³-hybridized carbons (Fsp3) is 0.667. The van der Waals surface area contributed by atoms with Crippen molar-refractivity contribution in [1.82, 2.24) is 24.6 Å². The molecule has 0 saturated carbocycles. The van der Waals surface area contributed by atoms with Gasteiger partial charge >= 0.3 is 0 Å². The Morgan fingerprint density at radius 2 is 2.03 bits per heavy atom. The summed E-state index contributed by atoms with van der Waals surface area (Å²) in [6.45, 7) is 5.95. The third kappa shape index (κ3) is 3.76. The van der Waals surface area contributed by atoms with Crippen LogP contribution in [0.15, 0.2) is 18.3 Å². The molecule has 0 amide bonds. The van der Waals surface area contributed by atoms with Crippen molar-refractivity contribution in [3.8, 4) is 0 Å². The number of nitrogens with zero attached hydrogens (tertiary/aromatic N) is 6. The number of hydrogen-bond donors (Lipinski definition) is 0. The third-order valence-corrected chi connectivity index (χ3v) is 6.47. The van der Waals surface area contributed by atoms with Crippen LogP contribution >= 0.6 is 0 Å². The van der Waals surface area contributed by atoms with Gasteiger partial charge < -0.3 is 18.9 Å². The van der Waals surface area contributed by atoms with Gasteiger partial charge in [0.2, 0.25) is 0 Å². The summed E-state index contributed by atoms with van der Waals surface area (Å²) in [5.74, 6) is 3.55. The smallest absolute Gasteiger partial charge is 0.159 e. The number of anilines is 1. The Balaban J connectivity index is 1.27. The van der Waals surface area contributed by atoms with E-state index in [4.69, 9.17) is 9.47 Å². The zero-order valence-corrected chi connectivity index (χ0v) is 17.4. The van der Waals surface area contributed by atoms with Gasteiger partial charge in [0.1, 0.15) is 23.9 Å². The maximum atomic E-state index is 6.36. The van der Waals surface area contributed by atoms with Crippen LogP contribution in [0.2, 0.25) is 0 Å². The third-order valence-electron chi connectivity index (χ3n) is 6.47. The van der Waals surface area contributed by atoms with Crippen molar-refractivity contribution in [3.05, 3.63) is 35.5 Å². The molecule has 156 valence electrons. The lowest BCUT2D eigenvalue weighted by molar-refractivity contribution is -0.0835. The highest BCUT2D eigenvalue weighted by Crippen LogP contribution is 2.35. The van der Waals surface area contributed by atoms with Crippen molar-refractivity contribution < 1.29 is 9.47 Å². The second-order valence-electron chi connectivity index (χ2n) is 8.80. The molecule has 0 aliphatic carbocycles. The van der Waals surface area contributed by atoms with E-state index in [0.29, 0.717) is 12.5 Å². The fourth-order valence-corrected chi connectivity index (χ4v) is 4.78. The zero-order valence-electron chi connectivity index (χ0n) is 17.4. The molecule has 8 heteroatoms. The molecule has 2 fully saturated rings. The van der Waals surface area contributed by atoms with Crippen LogP contribution < -0.4 is 4.90 Å². The lowest BCUT2D eigenvalue weighted by Crippen LogP contribution is -2.44. The van der Waals surface area contributed by atoms with E-state index in [1.54, 1.807) is 0 Å². The summed E-state index contributed by atoms with van der Waals surface area (Å²) in [6, 6.07) is 4.26. The minimum atomic E-state index is -0.133. The normalized spacial score (nSPS) is 25.4. The van der Waals surface area contributed by atoms with Crippen LogP contribution in [0.3, 0.4) is 0 Å². The predicted octanol–water partition coefficient (Wildman–Crippen LogP) is 1.81. The molecule has 2 aromatic rings. The molecule has 8 nitrogen and oxygen atoms in total. The van der Waals surface area contributed by atoms with Crippen LogP contribution in [-0.2, 0) is 29.2 Å². The number of likely N-dealkylation sites (tertiary alicyclic amines) is 1. The Labute approximate surface area is 171 Å². The highest BCUT2D eigenvalue weighted by atomic mass is 16.5. The Kier molecular flexibility index (Phi) is 5.01. The van der Waals surface area contributed by atoms with Crippen molar-refractivity contribution in [2.24, 2.45) is 0 Å². The largest absolute Gasteiger partial charge is 0.381 e. The molecule has 2 saturated heterocycles. The maximum absolute atomic E-state index is 6.36. The summed E-state index contributed by atoms with van der Waals surface area (Å²) < 4.78 is 14.2. The number of fused-ring (bicyclic) bond motifs is 1. The van der Waals surface area contributed by atoms with Crippen molar-refractivity contribution in [3.63, 3.8) is 0 Å². The van der Waals surface area contributed by atoms with Crippen molar-refractivity contribution in [2.45, 2.75) is 50.5 Å². The Morgan fingerprint density at radius 1 is 1.17 bits per heavy atom. The first-order valence-corrected chi connectivity index (χ1v) is 10.6. The van der Waals surface area contributed by atoms with Gasteiger partial charge in [-0.2, -0.15) is 0 Å². The van der Waals surface area contributed by atoms with Gasteiger partial charge in [0.25, 0.3) is 0 Å². The Bertz CT molecular complexity index is 845. The van der Waals surface area contributed by atoms with Gasteiger partial charge in [-0.05, 0) is 30.9 Å². The molecule has 5 heterocycles. The highest BCUT2D eigenvalue weighted by Gasteiger charge is 2.43.